The first kappa shape index (κ1) is 18.8. The van der Waals surface area contributed by atoms with Gasteiger partial charge in [-0.1, -0.05) is 0 Å². The molecule has 4 atom stereocenters. The van der Waals surface area contributed by atoms with Crippen molar-refractivity contribution >= 4 is 23.9 Å². The van der Waals surface area contributed by atoms with E-state index in [9.17, 15) is 19.2 Å². The van der Waals surface area contributed by atoms with Gasteiger partial charge < -0.3 is 18.9 Å². The fourth-order valence-corrected chi connectivity index (χ4v) is 1.93. The first-order valence-corrected chi connectivity index (χ1v) is 6.77. The van der Waals surface area contributed by atoms with Crippen molar-refractivity contribution in [3.05, 3.63) is 0 Å². The minimum Gasteiger partial charge on any atom is -0.463 e. The van der Waals surface area contributed by atoms with Crippen molar-refractivity contribution in [3.63, 3.8) is 0 Å². The second kappa shape index (κ2) is 8.44. The van der Waals surface area contributed by atoms with Gasteiger partial charge >= 0.3 is 23.9 Å². The maximum absolute atomic E-state index is 11.3. The molecule has 23 heavy (non-hydrogen) atoms. The van der Waals surface area contributed by atoms with Crippen LogP contribution in [-0.4, -0.2) is 55.0 Å². The molecule has 0 aromatic heterocycles. The number of hydroxylamine groups is 1. The molecule has 1 N–H and O–H groups in total. The van der Waals surface area contributed by atoms with Gasteiger partial charge in [0, 0.05) is 27.7 Å². The van der Waals surface area contributed by atoms with E-state index in [-0.39, 0.29) is 6.61 Å². The zero-order valence-corrected chi connectivity index (χ0v) is 13.2. The Morgan fingerprint density at radius 2 is 1.35 bits per heavy atom. The molecular formula is C13H19NO9. The van der Waals surface area contributed by atoms with Crippen LogP contribution in [0.3, 0.4) is 0 Å². The molecule has 0 aromatic carbocycles. The van der Waals surface area contributed by atoms with Crippen molar-refractivity contribution in [3.8, 4) is 0 Å². The number of carbonyl (C=O) groups excluding carboxylic acids is 4. The summed E-state index contributed by atoms with van der Waals surface area (Å²) in [6.45, 7) is 4.38. The molecule has 0 aliphatic carbocycles. The maximum atomic E-state index is 11.3. The van der Waals surface area contributed by atoms with E-state index in [1.54, 1.807) is 0 Å². The molecule has 0 amide bonds. The average Bonchev–Trinajstić information content (AvgIpc) is 2.39. The van der Waals surface area contributed by atoms with E-state index in [0.29, 0.717) is 0 Å². The SMILES string of the molecule is CC(=O)OCC1ONC(OC(C)=O)C(OC(C)=O)[C@@H]1OC(C)=O. The lowest BCUT2D eigenvalue weighted by molar-refractivity contribution is -0.262. The van der Waals surface area contributed by atoms with Crippen LogP contribution < -0.4 is 5.48 Å². The molecule has 0 saturated carbocycles. The Morgan fingerprint density at radius 1 is 0.826 bits per heavy atom. The molecule has 130 valence electrons. The van der Waals surface area contributed by atoms with Gasteiger partial charge in [0.2, 0.25) is 6.23 Å². The van der Waals surface area contributed by atoms with Crippen LogP contribution >= 0.6 is 0 Å². The lowest BCUT2D eigenvalue weighted by atomic mass is 10.1. The molecule has 1 saturated heterocycles. The molecule has 1 fully saturated rings. The molecule has 0 spiro atoms. The molecular weight excluding hydrogens is 314 g/mol. The largest absolute Gasteiger partial charge is 0.463 e. The topological polar surface area (TPSA) is 126 Å². The number of carbonyl (C=O) groups is 4. The van der Waals surface area contributed by atoms with Crippen molar-refractivity contribution in [2.24, 2.45) is 0 Å². The molecule has 0 aromatic rings. The van der Waals surface area contributed by atoms with E-state index in [1.165, 1.54) is 6.92 Å². The lowest BCUT2D eigenvalue weighted by Crippen LogP contribution is -2.63. The summed E-state index contributed by atoms with van der Waals surface area (Å²) in [5.74, 6) is -2.59. The summed E-state index contributed by atoms with van der Waals surface area (Å²) in [6.07, 6.45) is -4.45. The zero-order valence-electron chi connectivity index (χ0n) is 13.2. The number of ether oxygens (including phenoxy) is 4. The minimum atomic E-state index is -1.19. The van der Waals surface area contributed by atoms with Crippen LogP contribution in [-0.2, 0) is 43.0 Å². The molecule has 1 aliphatic heterocycles. The van der Waals surface area contributed by atoms with E-state index in [4.69, 9.17) is 23.8 Å². The van der Waals surface area contributed by atoms with E-state index in [0.717, 1.165) is 20.8 Å². The summed E-state index contributed by atoms with van der Waals surface area (Å²) in [5, 5.41) is 0. The molecule has 1 rings (SSSR count). The number of hydrogen-bond donors (Lipinski definition) is 1. The highest BCUT2D eigenvalue weighted by Crippen LogP contribution is 2.22. The lowest BCUT2D eigenvalue weighted by Gasteiger charge is -2.40. The van der Waals surface area contributed by atoms with Gasteiger partial charge in [-0.2, -0.15) is 5.48 Å². The first-order chi connectivity index (χ1) is 10.7. The van der Waals surface area contributed by atoms with Crippen LogP contribution in [0, 0.1) is 0 Å². The van der Waals surface area contributed by atoms with Crippen LogP contribution in [0.4, 0.5) is 0 Å². The highest BCUT2D eigenvalue weighted by molar-refractivity contribution is 5.68. The summed E-state index contributed by atoms with van der Waals surface area (Å²) in [4.78, 5) is 49.8. The summed E-state index contributed by atoms with van der Waals surface area (Å²) in [7, 11) is 0. The third-order valence-corrected chi connectivity index (χ3v) is 2.67. The minimum absolute atomic E-state index is 0.259. The summed E-state index contributed by atoms with van der Waals surface area (Å²) in [6, 6.07) is 0. The summed E-state index contributed by atoms with van der Waals surface area (Å²) >= 11 is 0. The van der Waals surface area contributed by atoms with E-state index in [2.05, 4.69) is 5.48 Å². The number of esters is 4. The Labute approximate surface area is 132 Å². The molecule has 3 unspecified atom stereocenters. The van der Waals surface area contributed by atoms with Crippen molar-refractivity contribution in [2.45, 2.75) is 52.2 Å². The van der Waals surface area contributed by atoms with Crippen LogP contribution in [0.15, 0.2) is 0 Å². The predicted octanol–water partition coefficient (Wildman–Crippen LogP) is -0.794. The van der Waals surface area contributed by atoms with E-state index < -0.39 is 48.4 Å². The Kier molecular flexibility index (Phi) is 6.91. The predicted molar refractivity (Wildman–Crippen MR) is 71.3 cm³/mol. The van der Waals surface area contributed by atoms with Crippen molar-refractivity contribution in [2.75, 3.05) is 6.61 Å². The molecule has 0 bridgehead atoms. The van der Waals surface area contributed by atoms with Gasteiger partial charge in [0.15, 0.2) is 18.3 Å². The second-order valence-corrected chi connectivity index (χ2v) is 4.75. The molecule has 1 heterocycles. The van der Waals surface area contributed by atoms with Crippen LogP contribution in [0.2, 0.25) is 0 Å². The van der Waals surface area contributed by atoms with Crippen LogP contribution in [0.25, 0.3) is 0 Å². The molecule has 1 aliphatic rings. The third-order valence-electron chi connectivity index (χ3n) is 2.67. The fraction of sp³-hybridized carbons (Fsp3) is 0.692. The van der Waals surface area contributed by atoms with Gasteiger partial charge in [0.05, 0.1) is 0 Å². The van der Waals surface area contributed by atoms with Gasteiger partial charge in [-0.05, 0) is 0 Å². The Morgan fingerprint density at radius 3 is 1.83 bits per heavy atom. The molecule has 0 radical (unpaired) electrons. The fourth-order valence-electron chi connectivity index (χ4n) is 1.93. The second-order valence-electron chi connectivity index (χ2n) is 4.75. The Bertz CT molecular complexity index is 478. The summed E-state index contributed by atoms with van der Waals surface area (Å²) < 4.78 is 19.9. The zero-order chi connectivity index (χ0) is 17.6. The Balaban J connectivity index is 2.98. The maximum Gasteiger partial charge on any atom is 0.304 e. The normalized spacial score (nSPS) is 26.8. The number of nitrogens with one attached hydrogen (secondary N) is 1. The molecule has 10 heteroatoms. The van der Waals surface area contributed by atoms with Gasteiger partial charge in [0.1, 0.15) is 6.61 Å². The third kappa shape index (κ3) is 6.20. The quantitative estimate of drug-likeness (QED) is 0.505. The first-order valence-electron chi connectivity index (χ1n) is 6.77. The van der Waals surface area contributed by atoms with E-state index in [1.807, 2.05) is 0 Å². The monoisotopic (exact) mass is 333 g/mol. The van der Waals surface area contributed by atoms with Crippen molar-refractivity contribution < 1.29 is 43.0 Å². The highest BCUT2D eigenvalue weighted by atomic mass is 16.7. The van der Waals surface area contributed by atoms with Gasteiger partial charge in [-0.25, -0.2) is 0 Å². The number of hydrogen-bond acceptors (Lipinski definition) is 10. The standard InChI is InChI=1S/C13H19NO9/c1-6(15)19-5-10-11(20-7(2)16)12(21-8(3)17)13(14-23-10)22-9(4)18/h10-14H,5H2,1-4H3/t10?,11-,12?,13?/m1/s1. The molecule has 10 nitrogen and oxygen atoms in total. The highest BCUT2D eigenvalue weighted by Gasteiger charge is 2.47. The van der Waals surface area contributed by atoms with Crippen molar-refractivity contribution in [1.29, 1.82) is 0 Å². The average molecular weight is 333 g/mol. The number of rotatable bonds is 5. The van der Waals surface area contributed by atoms with Crippen molar-refractivity contribution in [1.82, 2.24) is 5.48 Å². The van der Waals surface area contributed by atoms with Gasteiger partial charge in [0.25, 0.3) is 0 Å². The summed E-state index contributed by atoms with van der Waals surface area (Å²) in [5.41, 5.74) is 2.38. The smallest absolute Gasteiger partial charge is 0.304 e. The Hall–Kier alpha value is -2.20. The van der Waals surface area contributed by atoms with Crippen LogP contribution in [0.5, 0.6) is 0 Å². The van der Waals surface area contributed by atoms with Gasteiger partial charge in [-0.3, -0.25) is 24.0 Å². The van der Waals surface area contributed by atoms with Gasteiger partial charge in [-0.15, -0.1) is 0 Å². The van der Waals surface area contributed by atoms with E-state index >= 15 is 0 Å². The van der Waals surface area contributed by atoms with Crippen LogP contribution in [0.1, 0.15) is 27.7 Å².